The van der Waals surface area contributed by atoms with Gasteiger partial charge < -0.3 is 15.5 Å². The van der Waals surface area contributed by atoms with Crippen molar-refractivity contribution in [2.24, 2.45) is 0 Å². The summed E-state index contributed by atoms with van der Waals surface area (Å²) < 4.78 is 0. The molecule has 0 aromatic heterocycles. The van der Waals surface area contributed by atoms with Crippen LogP contribution < -0.4 is 10.6 Å². The molecule has 1 aliphatic heterocycles. The second-order valence-electron chi connectivity index (χ2n) is 5.26. The van der Waals surface area contributed by atoms with Crippen LogP contribution in [0, 0.1) is 0 Å². The van der Waals surface area contributed by atoms with E-state index in [0.29, 0.717) is 6.04 Å². The normalized spacial score (nSPS) is 16.9. The number of anilines is 1. The van der Waals surface area contributed by atoms with Gasteiger partial charge in [-0.25, -0.2) is 0 Å². The summed E-state index contributed by atoms with van der Waals surface area (Å²) >= 11 is 0. The third-order valence-corrected chi connectivity index (χ3v) is 3.91. The number of carbonyl (C=O) groups excluding carboxylic acids is 1. The lowest BCUT2D eigenvalue weighted by atomic mass is 10.0. The molecule has 2 N–H and O–H groups in total. The summed E-state index contributed by atoms with van der Waals surface area (Å²) in [6.07, 6.45) is 2.09. The van der Waals surface area contributed by atoms with Crippen molar-refractivity contribution < 1.29 is 4.79 Å². The Morgan fingerprint density at radius 2 is 1.95 bits per heavy atom. The lowest BCUT2D eigenvalue weighted by Gasteiger charge is -2.31. The van der Waals surface area contributed by atoms with Crippen LogP contribution in [0.2, 0.25) is 0 Å². The molecule has 1 amide bonds. The summed E-state index contributed by atoms with van der Waals surface area (Å²) in [5, 5.41) is 6.41. The number of piperidine rings is 1. The van der Waals surface area contributed by atoms with Gasteiger partial charge in [0.1, 0.15) is 0 Å². The van der Waals surface area contributed by atoms with Crippen LogP contribution in [0.4, 0.5) is 5.69 Å². The third-order valence-electron chi connectivity index (χ3n) is 3.91. The van der Waals surface area contributed by atoms with Crippen LogP contribution >= 0.6 is 0 Å². The molecule has 0 spiro atoms. The van der Waals surface area contributed by atoms with Gasteiger partial charge in [0.25, 0.3) is 5.91 Å². The Hall–Kier alpha value is -1.55. The van der Waals surface area contributed by atoms with Gasteiger partial charge in [0.2, 0.25) is 0 Å². The van der Waals surface area contributed by atoms with Crippen molar-refractivity contribution in [1.82, 2.24) is 10.2 Å². The topological polar surface area (TPSA) is 44.4 Å². The van der Waals surface area contributed by atoms with Crippen molar-refractivity contribution in [3.63, 3.8) is 0 Å². The number of para-hydroxylation sites is 1. The Balaban J connectivity index is 1.95. The minimum atomic E-state index is 0.0384. The average Bonchev–Trinajstić information content (AvgIpc) is 2.49. The molecule has 0 unspecified atom stereocenters. The lowest BCUT2D eigenvalue weighted by molar-refractivity contribution is 0.0913. The van der Waals surface area contributed by atoms with E-state index >= 15 is 0 Å². The van der Waals surface area contributed by atoms with Gasteiger partial charge in [-0.3, -0.25) is 4.79 Å². The van der Waals surface area contributed by atoms with Gasteiger partial charge in [-0.1, -0.05) is 19.1 Å². The summed E-state index contributed by atoms with van der Waals surface area (Å²) in [6.45, 7) is 8.30. The van der Waals surface area contributed by atoms with Gasteiger partial charge in [-0.05, 0) is 38.4 Å². The van der Waals surface area contributed by atoms with Crippen molar-refractivity contribution in [2.45, 2.75) is 32.7 Å². The van der Waals surface area contributed by atoms with Crippen LogP contribution in [-0.2, 0) is 0 Å². The molecule has 1 aromatic rings. The molecule has 1 heterocycles. The van der Waals surface area contributed by atoms with Gasteiger partial charge in [0, 0.05) is 31.4 Å². The highest BCUT2D eigenvalue weighted by atomic mass is 16.1. The summed E-state index contributed by atoms with van der Waals surface area (Å²) in [5.41, 5.74) is 1.66. The molecule has 0 aliphatic carbocycles. The first-order valence-electron chi connectivity index (χ1n) is 7.60. The Morgan fingerprint density at radius 3 is 2.60 bits per heavy atom. The van der Waals surface area contributed by atoms with Crippen molar-refractivity contribution in [3.05, 3.63) is 29.8 Å². The lowest BCUT2D eigenvalue weighted by Crippen LogP contribution is -2.44. The molecule has 4 nitrogen and oxygen atoms in total. The second-order valence-corrected chi connectivity index (χ2v) is 5.26. The zero-order chi connectivity index (χ0) is 14.4. The molecule has 110 valence electrons. The fourth-order valence-electron chi connectivity index (χ4n) is 2.68. The highest BCUT2D eigenvalue weighted by molar-refractivity contribution is 5.99. The van der Waals surface area contributed by atoms with Gasteiger partial charge in [-0.15, -0.1) is 0 Å². The Kier molecular flexibility index (Phi) is 5.41. The number of amides is 1. The molecule has 1 saturated heterocycles. The van der Waals surface area contributed by atoms with E-state index in [2.05, 4.69) is 22.5 Å². The largest absolute Gasteiger partial charge is 0.385 e. The van der Waals surface area contributed by atoms with Crippen LogP contribution in [0.1, 0.15) is 37.0 Å². The van der Waals surface area contributed by atoms with Crippen LogP contribution in [0.15, 0.2) is 24.3 Å². The van der Waals surface area contributed by atoms with E-state index in [1.54, 1.807) is 0 Å². The summed E-state index contributed by atoms with van der Waals surface area (Å²) in [7, 11) is 0. The predicted molar refractivity (Wildman–Crippen MR) is 83.2 cm³/mol. The number of likely N-dealkylation sites (tertiary alicyclic amines) is 1. The standard InChI is InChI=1S/C16H25N3O/c1-3-17-15-8-6-5-7-14(15)16(20)18-13-9-11-19(4-2)12-10-13/h5-8,13,17H,3-4,9-12H2,1-2H3,(H,18,20). The molecule has 4 heteroatoms. The maximum absolute atomic E-state index is 12.4. The first-order chi connectivity index (χ1) is 9.74. The fraction of sp³-hybridized carbons (Fsp3) is 0.562. The SMILES string of the molecule is CCNc1ccccc1C(=O)NC1CCN(CC)CC1. The molecule has 0 radical (unpaired) electrons. The molecule has 2 rings (SSSR count). The average molecular weight is 275 g/mol. The van der Waals surface area contributed by atoms with Crippen molar-refractivity contribution in [1.29, 1.82) is 0 Å². The summed E-state index contributed by atoms with van der Waals surface area (Å²) in [6, 6.07) is 8.01. The highest BCUT2D eigenvalue weighted by Gasteiger charge is 2.21. The predicted octanol–water partition coefficient (Wildman–Crippen LogP) is 2.33. The van der Waals surface area contributed by atoms with E-state index in [1.165, 1.54) is 0 Å². The number of nitrogens with zero attached hydrogens (tertiary/aromatic N) is 1. The molecule has 20 heavy (non-hydrogen) atoms. The minimum absolute atomic E-state index is 0.0384. The van der Waals surface area contributed by atoms with Gasteiger partial charge in [0.05, 0.1) is 5.56 Å². The number of hydrogen-bond acceptors (Lipinski definition) is 3. The molecule has 0 bridgehead atoms. The first-order valence-corrected chi connectivity index (χ1v) is 7.60. The number of carbonyl (C=O) groups is 1. The van der Waals surface area contributed by atoms with Crippen molar-refractivity contribution >= 4 is 11.6 Å². The van der Waals surface area contributed by atoms with E-state index in [1.807, 2.05) is 31.2 Å². The van der Waals surface area contributed by atoms with Gasteiger partial charge in [0.15, 0.2) is 0 Å². The summed E-state index contributed by atoms with van der Waals surface area (Å²) in [4.78, 5) is 14.8. The molecular weight excluding hydrogens is 250 g/mol. The van der Waals surface area contributed by atoms with Gasteiger partial charge in [-0.2, -0.15) is 0 Å². The number of nitrogens with one attached hydrogen (secondary N) is 2. The fourth-order valence-corrected chi connectivity index (χ4v) is 2.68. The number of rotatable bonds is 5. The van der Waals surface area contributed by atoms with Crippen LogP contribution in [0.5, 0.6) is 0 Å². The van der Waals surface area contributed by atoms with E-state index in [0.717, 1.165) is 50.3 Å². The third kappa shape index (κ3) is 3.73. The molecule has 1 aliphatic rings. The zero-order valence-electron chi connectivity index (χ0n) is 12.5. The highest BCUT2D eigenvalue weighted by Crippen LogP contribution is 2.16. The molecule has 1 aromatic carbocycles. The Bertz CT molecular complexity index is 439. The monoisotopic (exact) mass is 275 g/mol. The van der Waals surface area contributed by atoms with E-state index in [4.69, 9.17) is 0 Å². The van der Waals surface area contributed by atoms with E-state index in [9.17, 15) is 4.79 Å². The maximum Gasteiger partial charge on any atom is 0.253 e. The number of benzene rings is 1. The van der Waals surface area contributed by atoms with Crippen molar-refractivity contribution in [3.8, 4) is 0 Å². The number of hydrogen-bond donors (Lipinski definition) is 2. The first kappa shape index (κ1) is 14.9. The van der Waals surface area contributed by atoms with Crippen molar-refractivity contribution in [2.75, 3.05) is 31.5 Å². The molecular formula is C16H25N3O. The Morgan fingerprint density at radius 1 is 1.25 bits per heavy atom. The van der Waals surface area contributed by atoms with Gasteiger partial charge >= 0.3 is 0 Å². The van der Waals surface area contributed by atoms with E-state index < -0.39 is 0 Å². The molecule has 0 saturated carbocycles. The van der Waals surface area contributed by atoms with Crippen LogP contribution in [-0.4, -0.2) is 43.0 Å². The quantitative estimate of drug-likeness (QED) is 0.867. The second kappa shape index (κ2) is 7.29. The molecule has 0 atom stereocenters. The van der Waals surface area contributed by atoms with Crippen LogP contribution in [0.3, 0.4) is 0 Å². The maximum atomic E-state index is 12.4. The summed E-state index contributed by atoms with van der Waals surface area (Å²) in [5.74, 6) is 0.0384. The molecule has 1 fully saturated rings. The smallest absolute Gasteiger partial charge is 0.253 e. The zero-order valence-corrected chi connectivity index (χ0v) is 12.5. The minimum Gasteiger partial charge on any atom is -0.385 e. The van der Waals surface area contributed by atoms with Crippen LogP contribution in [0.25, 0.3) is 0 Å². The van der Waals surface area contributed by atoms with E-state index in [-0.39, 0.29) is 5.91 Å². The Labute approximate surface area is 121 Å².